The molecule has 1 aliphatic heterocycles. The quantitative estimate of drug-likeness (QED) is 0.869. The molecule has 5 heteroatoms. The van der Waals surface area contributed by atoms with Crippen LogP contribution in [0.15, 0.2) is 34.9 Å². The lowest BCUT2D eigenvalue weighted by Crippen LogP contribution is -2.42. The molecule has 1 aliphatic rings. The number of carbonyl (C=O) groups excluding carboxylic acids is 1. The average molecular weight is 314 g/mol. The van der Waals surface area contributed by atoms with Gasteiger partial charge in [0.25, 0.3) is 0 Å². The number of hydrogen-bond acceptors (Lipinski definition) is 4. The number of methoxy groups -OCH3 is 1. The van der Waals surface area contributed by atoms with Crippen LogP contribution < -0.4 is 4.74 Å². The van der Waals surface area contributed by atoms with Crippen molar-refractivity contribution in [2.45, 2.75) is 38.6 Å². The van der Waals surface area contributed by atoms with E-state index in [1.807, 2.05) is 35.2 Å². The largest absolute Gasteiger partial charge is 0.497 e. The summed E-state index contributed by atoms with van der Waals surface area (Å²) in [5, 5.41) is 4.04. The van der Waals surface area contributed by atoms with Crippen LogP contribution in [0.2, 0.25) is 0 Å². The van der Waals surface area contributed by atoms with E-state index in [9.17, 15) is 4.79 Å². The van der Waals surface area contributed by atoms with Crippen molar-refractivity contribution in [2.75, 3.05) is 13.7 Å². The van der Waals surface area contributed by atoms with Crippen molar-refractivity contribution in [3.05, 3.63) is 36.0 Å². The molecular weight excluding hydrogens is 292 g/mol. The number of aromatic nitrogens is 1. The molecule has 122 valence electrons. The number of rotatable bonds is 4. The van der Waals surface area contributed by atoms with Gasteiger partial charge in [-0.2, -0.15) is 0 Å². The fourth-order valence-electron chi connectivity index (χ4n) is 3.03. The summed E-state index contributed by atoms with van der Waals surface area (Å²) >= 11 is 0. The second-order valence-corrected chi connectivity index (χ2v) is 6.02. The van der Waals surface area contributed by atoms with E-state index in [2.05, 4.69) is 12.1 Å². The van der Waals surface area contributed by atoms with Gasteiger partial charge in [-0.15, -0.1) is 0 Å². The third-order valence-electron chi connectivity index (χ3n) is 4.37. The summed E-state index contributed by atoms with van der Waals surface area (Å²) in [5.41, 5.74) is 1.56. The Morgan fingerprint density at radius 2 is 2.26 bits per heavy atom. The van der Waals surface area contributed by atoms with Crippen LogP contribution in [0, 0.1) is 0 Å². The van der Waals surface area contributed by atoms with Gasteiger partial charge in [-0.3, -0.25) is 4.79 Å². The Balaban J connectivity index is 1.70. The molecule has 5 nitrogen and oxygen atoms in total. The molecule has 0 spiro atoms. The molecule has 1 saturated heterocycles. The second-order valence-electron chi connectivity index (χ2n) is 6.02. The lowest BCUT2D eigenvalue weighted by atomic mass is 10.0. The number of amides is 1. The molecule has 1 aromatic carbocycles. The normalized spacial score (nSPS) is 18.0. The molecule has 1 unspecified atom stereocenters. The summed E-state index contributed by atoms with van der Waals surface area (Å²) in [7, 11) is 1.63. The van der Waals surface area contributed by atoms with Crippen LogP contribution in [0.1, 0.15) is 31.9 Å². The van der Waals surface area contributed by atoms with Gasteiger partial charge in [-0.1, -0.05) is 17.3 Å². The highest BCUT2D eigenvalue weighted by molar-refractivity contribution is 5.79. The monoisotopic (exact) mass is 314 g/mol. The van der Waals surface area contributed by atoms with Gasteiger partial charge in [0.15, 0.2) is 5.76 Å². The first kappa shape index (κ1) is 15.6. The molecule has 0 aliphatic carbocycles. The third kappa shape index (κ3) is 3.55. The molecule has 0 radical (unpaired) electrons. The number of likely N-dealkylation sites (tertiary alicyclic amines) is 1. The maximum absolute atomic E-state index is 12.4. The van der Waals surface area contributed by atoms with Crippen LogP contribution in [-0.2, 0) is 11.2 Å². The van der Waals surface area contributed by atoms with Crippen molar-refractivity contribution >= 4 is 5.91 Å². The number of nitrogens with zero attached hydrogens (tertiary/aromatic N) is 2. The Hall–Kier alpha value is -2.30. The zero-order valence-electron chi connectivity index (χ0n) is 13.6. The number of carbonyl (C=O) groups is 1. The molecule has 1 aromatic heterocycles. The minimum absolute atomic E-state index is 0.127. The van der Waals surface area contributed by atoms with E-state index in [0.29, 0.717) is 17.5 Å². The molecule has 0 N–H and O–H groups in total. The Morgan fingerprint density at radius 3 is 3.04 bits per heavy atom. The van der Waals surface area contributed by atoms with Gasteiger partial charge in [0.05, 0.1) is 19.2 Å². The summed E-state index contributed by atoms with van der Waals surface area (Å²) in [4.78, 5) is 14.4. The predicted molar refractivity (Wildman–Crippen MR) is 87.2 cm³/mol. The van der Waals surface area contributed by atoms with Gasteiger partial charge in [-0.05, 0) is 38.3 Å². The Labute approximate surface area is 136 Å². The summed E-state index contributed by atoms with van der Waals surface area (Å²) in [6.07, 6.45) is 3.66. The molecule has 1 atom stereocenters. The Bertz CT molecular complexity index is 680. The number of benzene rings is 1. The van der Waals surface area contributed by atoms with Gasteiger partial charge < -0.3 is 14.2 Å². The van der Waals surface area contributed by atoms with Gasteiger partial charge in [0.2, 0.25) is 5.91 Å². The first-order valence-corrected chi connectivity index (χ1v) is 8.07. The van der Waals surface area contributed by atoms with Crippen LogP contribution in [0.5, 0.6) is 5.75 Å². The van der Waals surface area contributed by atoms with Crippen molar-refractivity contribution in [3.63, 3.8) is 0 Å². The zero-order chi connectivity index (χ0) is 16.2. The van der Waals surface area contributed by atoms with E-state index in [4.69, 9.17) is 9.26 Å². The van der Waals surface area contributed by atoms with E-state index in [-0.39, 0.29) is 12.3 Å². The summed E-state index contributed by atoms with van der Waals surface area (Å²) in [6.45, 7) is 2.96. The van der Waals surface area contributed by atoms with Gasteiger partial charge >= 0.3 is 0 Å². The number of ether oxygens (including phenoxy) is 1. The van der Waals surface area contributed by atoms with Crippen LogP contribution in [0.4, 0.5) is 0 Å². The van der Waals surface area contributed by atoms with Gasteiger partial charge in [0.1, 0.15) is 5.75 Å². The van der Waals surface area contributed by atoms with E-state index >= 15 is 0 Å². The minimum atomic E-state index is 0.127. The highest BCUT2D eigenvalue weighted by Crippen LogP contribution is 2.25. The molecule has 2 heterocycles. The maximum Gasteiger partial charge on any atom is 0.228 e. The lowest BCUT2D eigenvalue weighted by molar-refractivity contribution is -0.133. The molecule has 1 fully saturated rings. The summed E-state index contributed by atoms with van der Waals surface area (Å²) < 4.78 is 10.6. The molecule has 2 aromatic rings. The van der Waals surface area contributed by atoms with E-state index in [1.54, 1.807) is 7.11 Å². The van der Waals surface area contributed by atoms with Crippen LogP contribution >= 0.6 is 0 Å². The first-order chi connectivity index (χ1) is 11.2. The van der Waals surface area contributed by atoms with Crippen molar-refractivity contribution in [1.29, 1.82) is 0 Å². The van der Waals surface area contributed by atoms with E-state index in [1.165, 1.54) is 6.42 Å². The zero-order valence-corrected chi connectivity index (χ0v) is 13.6. The van der Waals surface area contributed by atoms with Gasteiger partial charge in [0, 0.05) is 24.2 Å². The Kier molecular flexibility index (Phi) is 4.65. The number of piperidine rings is 1. The van der Waals surface area contributed by atoms with Crippen LogP contribution in [0.3, 0.4) is 0 Å². The highest BCUT2D eigenvalue weighted by atomic mass is 16.5. The minimum Gasteiger partial charge on any atom is -0.497 e. The molecule has 3 rings (SSSR count). The molecule has 0 saturated carbocycles. The van der Waals surface area contributed by atoms with Crippen LogP contribution in [-0.4, -0.2) is 35.7 Å². The fourth-order valence-corrected chi connectivity index (χ4v) is 3.03. The summed E-state index contributed by atoms with van der Waals surface area (Å²) in [6, 6.07) is 9.75. The van der Waals surface area contributed by atoms with E-state index in [0.717, 1.165) is 30.7 Å². The smallest absolute Gasteiger partial charge is 0.228 e. The van der Waals surface area contributed by atoms with Crippen molar-refractivity contribution < 1.29 is 14.1 Å². The highest BCUT2D eigenvalue weighted by Gasteiger charge is 2.24. The first-order valence-electron chi connectivity index (χ1n) is 8.07. The Morgan fingerprint density at radius 1 is 1.39 bits per heavy atom. The van der Waals surface area contributed by atoms with Crippen LogP contribution in [0.25, 0.3) is 11.3 Å². The number of hydrogen-bond donors (Lipinski definition) is 0. The van der Waals surface area contributed by atoms with E-state index < -0.39 is 0 Å². The van der Waals surface area contributed by atoms with Crippen molar-refractivity contribution in [2.24, 2.45) is 0 Å². The molecule has 1 amide bonds. The lowest BCUT2D eigenvalue weighted by Gasteiger charge is -2.33. The summed E-state index contributed by atoms with van der Waals surface area (Å²) in [5.74, 6) is 1.54. The maximum atomic E-state index is 12.4. The third-order valence-corrected chi connectivity index (χ3v) is 4.37. The van der Waals surface area contributed by atoms with Crippen molar-refractivity contribution in [3.8, 4) is 17.1 Å². The van der Waals surface area contributed by atoms with Crippen molar-refractivity contribution in [1.82, 2.24) is 10.1 Å². The van der Waals surface area contributed by atoms with Gasteiger partial charge in [-0.25, -0.2) is 0 Å². The fraction of sp³-hybridized carbons (Fsp3) is 0.444. The topological polar surface area (TPSA) is 55.6 Å². The standard InChI is InChI=1S/C18H22N2O3/c1-13-6-3-4-9-20(13)18(21)12-15-11-17(23-19-15)14-7-5-8-16(10-14)22-2/h5,7-8,10-11,13H,3-4,6,9,12H2,1-2H3. The molecule has 23 heavy (non-hydrogen) atoms. The molecular formula is C18H22N2O3. The SMILES string of the molecule is COc1cccc(-c2cc(CC(=O)N3CCCCC3C)no2)c1. The predicted octanol–water partition coefficient (Wildman–Crippen LogP) is 3.29. The second kappa shape index (κ2) is 6.86. The average Bonchev–Trinajstić information content (AvgIpc) is 3.03. The molecule has 0 bridgehead atoms.